The van der Waals surface area contributed by atoms with Gasteiger partial charge in [-0.05, 0) is 24.3 Å². The lowest BCUT2D eigenvalue weighted by Gasteiger charge is -2.14. The number of hydrogen-bond donors (Lipinski definition) is 1. The van der Waals surface area contributed by atoms with Crippen molar-refractivity contribution in [1.82, 2.24) is 0 Å². The van der Waals surface area contributed by atoms with Crippen molar-refractivity contribution >= 4 is 5.69 Å². The molecule has 1 rings (SSSR count). The summed E-state index contributed by atoms with van der Waals surface area (Å²) >= 11 is 0. The predicted molar refractivity (Wildman–Crippen MR) is 50.7 cm³/mol. The van der Waals surface area contributed by atoms with Crippen LogP contribution in [-0.2, 0) is 0 Å². The molecule has 0 heterocycles. The Bertz CT molecular complexity index is 322. The quantitative estimate of drug-likeness (QED) is 0.689. The highest BCUT2D eigenvalue weighted by atomic mass is 19.1. The average Bonchev–Trinajstić information content (AvgIpc) is 2.09. The monoisotopic (exact) mass is 178 g/mol. The van der Waals surface area contributed by atoms with Gasteiger partial charge >= 0.3 is 0 Å². The molecule has 0 spiro atoms. The maximum atomic E-state index is 12.5. The van der Waals surface area contributed by atoms with Crippen molar-refractivity contribution in [2.45, 2.75) is 19.5 Å². The van der Waals surface area contributed by atoms with Crippen molar-refractivity contribution in [3.8, 4) is 0 Å². The third-order valence-corrected chi connectivity index (χ3v) is 1.57. The smallest absolute Gasteiger partial charge is 0.299 e. The highest BCUT2D eigenvalue weighted by Crippen LogP contribution is 2.16. The summed E-state index contributed by atoms with van der Waals surface area (Å²) in [5.74, 6) is -0.272. The van der Waals surface area contributed by atoms with Gasteiger partial charge in [-0.1, -0.05) is 0 Å². The minimum atomic E-state index is -0.641. The van der Waals surface area contributed by atoms with E-state index < -0.39 is 5.66 Å². The number of nitrogens with one attached hydrogen (secondary N) is 1. The molecular weight excluding hydrogens is 167 g/mol. The zero-order valence-corrected chi connectivity index (χ0v) is 7.63. The normalized spacial score (nSPS) is 10.6. The topological polar surface area (TPSA) is 16.4 Å². The van der Waals surface area contributed by atoms with Crippen molar-refractivity contribution in [3.05, 3.63) is 41.5 Å². The van der Waals surface area contributed by atoms with Crippen LogP contribution in [0.1, 0.15) is 13.8 Å². The van der Waals surface area contributed by atoms with Gasteiger partial charge in [0.1, 0.15) is 5.82 Å². The second-order valence-electron chi connectivity index (χ2n) is 3.30. The van der Waals surface area contributed by atoms with E-state index >= 15 is 0 Å². The minimum absolute atomic E-state index is 0.272. The Balaban J connectivity index is 2.77. The summed E-state index contributed by atoms with van der Waals surface area (Å²) in [6.07, 6.45) is 0. The molecule has 0 aliphatic heterocycles. The molecule has 68 valence electrons. The summed E-state index contributed by atoms with van der Waals surface area (Å²) in [7, 11) is 0. The van der Waals surface area contributed by atoms with Gasteiger partial charge in [-0.2, -0.15) is 0 Å². The van der Waals surface area contributed by atoms with E-state index in [-0.39, 0.29) is 5.82 Å². The van der Waals surface area contributed by atoms with E-state index in [0.29, 0.717) is 0 Å². The molecule has 1 N–H and O–H groups in total. The van der Waals surface area contributed by atoms with E-state index in [4.69, 9.17) is 6.57 Å². The summed E-state index contributed by atoms with van der Waals surface area (Å²) in [6, 6.07) is 5.95. The first-order chi connectivity index (χ1) is 6.03. The van der Waals surface area contributed by atoms with Crippen LogP contribution < -0.4 is 5.32 Å². The molecule has 0 aromatic heterocycles. The fourth-order valence-corrected chi connectivity index (χ4v) is 0.914. The molecule has 0 fully saturated rings. The maximum Gasteiger partial charge on any atom is 0.299 e. The first-order valence-electron chi connectivity index (χ1n) is 3.96. The van der Waals surface area contributed by atoms with Crippen LogP contribution in [0.25, 0.3) is 4.85 Å². The summed E-state index contributed by atoms with van der Waals surface area (Å²) in [4.78, 5) is 3.38. The standard InChI is InChI=1S/C10H11FN2/c1-10(2,12-3)13-9-6-4-8(11)5-7-9/h4-7,13H,1-2H3. The summed E-state index contributed by atoms with van der Waals surface area (Å²) < 4.78 is 12.5. The molecule has 0 amide bonds. The van der Waals surface area contributed by atoms with Gasteiger partial charge in [0.15, 0.2) is 0 Å². The lowest BCUT2D eigenvalue weighted by molar-refractivity contribution is 0.627. The molecule has 13 heavy (non-hydrogen) atoms. The van der Waals surface area contributed by atoms with Crippen molar-refractivity contribution < 1.29 is 4.39 Å². The fraction of sp³-hybridized carbons (Fsp3) is 0.300. The second kappa shape index (κ2) is 3.44. The third-order valence-electron chi connectivity index (χ3n) is 1.57. The number of halogens is 1. The average molecular weight is 178 g/mol. The lowest BCUT2D eigenvalue weighted by atomic mass is 10.2. The number of benzene rings is 1. The minimum Gasteiger partial charge on any atom is -0.315 e. The van der Waals surface area contributed by atoms with Gasteiger partial charge in [0.25, 0.3) is 5.66 Å². The van der Waals surface area contributed by atoms with E-state index in [2.05, 4.69) is 10.2 Å². The Labute approximate surface area is 77.2 Å². The van der Waals surface area contributed by atoms with E-state index in [1.807, 2.05) is 0 Å². The molecular formula is C10H11FN2. The van der Waals surface area contributed by atoms with Crippen LogP contribution in [0.3, 0.4) is 0 Å². The van der Waals surface area contributed by atoms with Crippen LogP contribution in [0.4, 0.5) is 10.1 Å². The van der Waals surface area contributed by atoms with Gasteiger partial charge in [0.2, 0.25) is 0 Å². The van der Waals surface area contributed by atoms with Gasteiger partial charge in [0, 0.05) is 19.5 Å². The predicted octanol–water partition coefficient (Wildman–Crippen LogP) is 2.89. The molecule has 0 bridgehead atoms. The van der Waals surface area contributed by atoms with Crippen LogP contribution in [0.2, 0.25) is 0 Å². The highest BCUT2D eigenvalue weighted by Gasteiger charge is 2.21. The third kappa shape index (κ3) is 2.75. The number of nitrogens with zero attached hydrogens (tertiary/aromatic N) is 1. The molecule has 0 unspecified atom stereocenters. The first-order valence-corrected chi connectivity index (χ1v) is 3.96. The first kappa shape index (κ1) is 9.53. The molecule has 0 aliphatic carbocycles. The second-order valence-corrected chi connectivity index (χ2v) is 3.30. The van der Waals surface area contributed by atoms with E-state index in [1.165, 1.54) is 12.1 Å². The Hall–Kier alpha value is -1.56. The Morgan fingerprint density at radius 1 is 1.31 bits per heavy atom. The zero-order chi connectivity index (χ0) is 9.90. The van der Waals surface area contributed by atoms with E-state index in [9.17, 15) is 4.39 Å². The molecule has 0 saturated carbocycles. The summed E-state index contributed by atoms with van der Waals surface area (Å²) in [6.45, 7) is 10.4. The van der Waals surface area contributed by atoms with E-state index in [0.717, 1.165) is 5.69 Å². The van der Waals surface area contributed by atoms with Crippen molar-refractivity contribution in [2.75, 3.05) is 5.32 Å². The van der Waals surface area contributed by atoms with Crippen LogP contribution in [-0.4, -0.2) is 5.66 Å². The molecule has 0 aliphatic rings. The molecule has 0 saturated heterocycles. The summed E-state index contributed by atoms with van der Waals surface area (Å²) in [5.41, 5.74) is 0.111. The van der Waals surface area contributed by atoms with Gasteiger partial charge in [-0.15, -0.1) is 0 Å². The Morgan fingerprint density at radius 2 is 1.85 bits per heavy atom. The number of anilines is 1. The molecule has 0 atom stereocenters. The van der Waals surface area contributed by atoms with E-state index in [1.54, 1.807) is 26.0 Å². The molecule has 3 heteroatoms. The molecule has 1 aromatic carbocycles. The SMILES string of the molecule is [C-]#[N+]C(C)(C)Nc1ccc(F)cc1. The van der Waals surface area contributed by atoms with Crippen LogP contribution in [0, 0.1) is 12.4 Å². The Kier molecular flexibility index (Phi) is 2.52. The number of rotatable bonds is 2. The van der Waals surface area contributed by atoms with Crippen molar-refractivity contribution in [1.29, 1.82) is 0 Å². The van der Waals surface area contributed by atoms with Crippen LogP contribution in [0.5, 0.6) is 0 Å². The lowest BCUT2D eigenvalue weighted by Crippen LogP contribution is -2.25. The fourth-order valence-electron chi connectivity index (χ4n) is 0.914. The van der Waals surface area contributed by atoms with Gasteiger partial charge in [-0.25, -0.2) is 11.0 Å². The van der Waals surface area contributed by atoms with Crippen LogP contribution in [0.15, 0.2) is 24.3 Å². The van der Waals surface area contributed by atoms with Gasteiger partial charge < -0.3 is 5.32 Å². The zero-order valence-electron chi connectivity index (χ0n) is 7.63. The Morgan fingerprint density at radius 3 is 2.31 bits per heavy atom. The number of hydrogen-bond acceptors (Lipinski definition) is 1. The molecule has 0 radical (unpaired) electrons. The van der Waals surface area contributed by atoms with Gasteiger partial charge in [0.05, 0.1) is 0 Å². The summed E-state index contributed by atoms with van der Waals surface area (Å²) in [5, 5.41) is 2.97. The molecule has 1 aromatic rings. The van der Waals surface area contributed by atoms with Crippen LogP contribution >= 0.6 is 0 Å². The highest BCUT2D eigenvalue weighted by molar-refractivity contribution is 5.45. The maximum absolute atomic E-state index is 12.5. The van der Waals surface area contributed by atoms with Gasteiger partial charge in [-0.3, -0.25) is 4.85 Å². The van der Waals surface area contributed by atoms with Crippen molar-refractivity contribution in [2.24, 2.45) is 0 Å². The van der Waals surface area contributed by atoms with Crippen molar-refractivity contribution in [3.63, 3.8) is 0 Å². The molecule has 2 nitrogen and oxygen atoms in total. The largest absolute Gasteiger partial charge is 0.315 e.